The molecule has 3 aromatic rings. The number of carbonyl (C=O) groups excluding carboxylic acids is 3. The third-order valence-electron chi connectivity index (χ3n) is 5.30. The fourth-order valence-electron chi connectivity index (χ4n) is 3.29. The van der Waals surface area contributed by atoms with E-state index in [0.717, 1.165) is 0 Å². The van der Waals surface area contributed by atoms with Crippen molar-refractivity contribution in [2.75, 3.05) is 0 Å². The number of phenols is 1. The Balaban J connectivity index is 1.84. The van der Waals surface area contributed by atoms with Gasteiger partial charge in [0.25, 0.3) is 17.7 Å². The first-order valence-corrected chi connectivity index (χ1v) is 11.3. The van der Waals surface area contributed by atoms with Gasteiger partial charge in [0.1, 0.15) is 11.8 Å². The first kappa shape index (κ1) is 26.4. The zero-order chi connectivity index (χ0) is 26.4. The summed E-state index contributed by atoms with van der Waals surface area (Å²) in [6.45, 7) is 3.13. The molecule has 0 aliphatic carbocycles. The van der Waals surface area contributed by atoms with Crippen molar-refractivity contribution in [1.29, 1.82) is 0 Å². The smallest absolute Gasteiger partial charge is 0.322 e. The number of aryl methyl sites for hydroxylation is 1. The highest BCUT2D eigenvalue weighted by molar-refractivity contribution is 6.34. The molecule has 4 N–H and O–H groups in total. The highest BCUT2D eigenvalue weighted by atomic mass is 35.5. The van der Waals surface area contributed by atoms with Gasteiger partial charge in [0, 0.05) is 17.7 Å². The highest BCUT2D eigenvalue weighted by Gasteiger charge is 2.30. The molecule has 0 saturated heterocycles. The number of carboxylic acids is 1. The van der Waals surface area contributed by atoms with Gasteiger partial charge in [0.2, 0.25) is 0 Å². The maximum atomic E-state index is 13.3. The summed E-state index contributed by atoms with van der Waals surface area (Å²) in [5, 5.41) is 22.0. The lowest BCUT2D eigenvalue weighted by molar-refractivity contribution is -0.139. The van der Waals surface area contributed by atoms with Gasteiger partial charge in [-0.15, -0.1) is 0 Å². The van der Waals surface area contributed by atoms with E-state index in [0.29, 0.717) is 16.1 Å². The topological polar surface area (TPSA) is 136 Å². The predicted molar refractivity (Wildman–Crippen MR) is 133 cm³/mol. The minimum atomic E-state index is -1.27. The van der Waals surface area contributed by atoms with Gasteiger partial charge in [0.15, 0.2) is 0 Å². The van der Waals surface area contributed by atoms with Crippen LogP contribution in [0.15, 0.2) is 66.7 Å². The van der Waals surface area contributed by atoms with Crippen LogP contribution in [0, 0.1) is 6.92 Å². The summed E-state index contributed by atoms with van der Waals surface area (Å²) in [5.74, 6) is -3.30. The highest BCUT2D eigenvalue weighted by Crippen LogP contribution is 2.21. The molecule has 36 heavy (non-hydrogen) atoms. The number of aromatic hydroxyl groups is 1. The van der Waals surface area contributed by atoms with Gasteiger partial charge < -0.3 is 15.5 Å². The van der Waals surface area contributed by atoms with Gasteiger partial charge in [-0.25, -0.2) is 10.4 Å². The fourth-order valence-corrected chi connectivity index (χ4v) is 3.55. The Labute approximate surface area is 212 Å². The molecule has 0 bridgehead atoms. The Hall–Kier alpha value is -4.21. The number of nitrogens with one attached hydrogen (secondary N) is 2. The number of nitrogens with zero attached hydrogens (tertiary/aromatic N) is 1. The maximum Gasteiger partial charge on any atom is 0.322 e. The van der Waals surface area contributed by atoms with Crippen molar-refractivity contribution in [3.63, 3.8) is 0 Å². The van der Waals surface area contributed by atoms with Crippen molar-refractivity contribution in [2.45, 2.75) is 26.4 Å². The average Bonchev–Trinajstić information content (AvgIpc) is 2.85. The Morgan fingerprint density at radius 3 is 2.28 bits per heavy atom. The van der Waals surface area contributed by atoms with Gasteiger partial charge in [0.05, 0.1) is 10.6 Å². The first-order valence-electron chi connectivity index (χ1n) is 10.9. The second-order valence-corrected chi connectivity index (χ2v) is 8.40. The second kappa shape index (κ2) is 11.5. The van der Waals surface area contributed by atoms with Crippen molar-refractivity contribution in [3.05, 3.63) is 99.6 Å². The van der Waals surface area contributed by atoms with Crippen LogP contribution in [0.25, 0.3) is 0 Å². The molecule has 0 radical (unpaired) electrons. The number of hydrogen-bond acceptors (Lipinski definition) is 6. The van der Waals surface area contributed by atoms with Crippen LogP contribution in [-0.4, -0.2) is 45.0 Å². The van der Waals surface area contributed by atoms with Crippen molar-refractivity contribution in [3.8, 4) is 5.75 Å². The zero-order valence-electron chi connectivity index (χ0n) is 19.5. The van der Waals surface area contributed by atoms with Crippen molar-refractivity contribution < 1.29 is 29.4 Å². The number of rotatable bonds is 8. The van der Waals surface area contributed by atoms with Crippen LogP contribution in [0.4, 0.5) is 0 Å². The average molecular weight is 510 g/mol. The van der Waals surface area contributed by atoms with Crippen LogP contribution in [0.1, 0.15) is 49.1 Å². The van der Waals surface area contributed by atoms with Crippen LogP contribution in [0.5, 0.6) is 5.75 Å². The number of phenolic OH excluding ortho intramolecular Hbond substituents is 1. The molecule has 1 atom stereocenters. The van der Waals surface area contributed by atoms with E-state index in [1.165, 1.54) is 43.3 Å². The van der Waals surface area contributed by atoms with E-state index in [2.05, 4.69) is 10.7 Å². The molecule has 0 aromatic heterocycles. The Kier molecular flexibility index (Phi) is 8.42. The van der Waals surface area contributed by atoms with Crippen LogP contribution in [0.2, 0.25) is 5.02 Å². The molecule has 3 aromatic carbocycles. The van der Waals surface area contributed by atoms with Crippen LogP contribution >= 0.6 is 11.6 Å². The number of amides is 3. The summed E-state index contributed by atoms with van der Waals surface area (Å²) < 4.78 is 0. The van der Waals surface area contributed by atoms with Gasteiger partial charge in [-0.1, -0.05) is 41.9 Å². The summed E-state index contributed by atoms with van der Waals surface area (Å²) >= 11 is 6.32. The Bertz CT molecular complexity index is 1330. The van der Waals surface area contributed by atoms with E-state index >= 15 is 0 Å². The van der Waals surface area contributed by atoms with E-state index in [1.54, 1.807) is 37.3 Å². The predicted octanol–water partition coefficient (Wildman–Crippen LogP) is 3.54. The number of carboxylic acid groups (broad SMARTS) is 1. The molecule has 0 spiro atoms. The third kappa shape index (κ3) is 6.26. The monoisotopic (exact) mass is 509 g/mol. The van der Waals surface area contributed by atoms with Crippen LogP contribution in [0.3, 0.4) is 0 Å². The third-order valence-corrected chi connectivity index (χ3v) is 5.61. The molecule has 3 rings (SSSR count). The van der Waals surface area contributed by atoms with Gasteiger partial charge >= 0.3 is 5.97 Å². The molecular formula is C26H24ClN3O6. The van der Waals surface area contributed by atoms with E-state index in [1.807, 2.05) is 0 Å². The molecule has 0 fully saturated rings. The maximum absolute atomic E-state index is 13.3. The number of halogens is 1. The van der Waals surface area contributed by atoms with E-state index in [9.17, 15) is 29.4 Å². The lowest BCUT2D eigenvalue weighted by Gasteiger charge is -2.25. The van der Waals surface area contributed by atoms with Gasteiger partial charge in [-0.05, 0) is 61.4 Å². The number of carbonyl (C=O) groups is 4. The van der Waals surface area contributed by atoms with E-state index in [4.69, 9.17) is 11.6 Å². The first-order chi connectivity index (χ1) is 17.1. The van der Waals surface area contributed by atoms with Crippen molar-refractivity contribution in [1.82, 2.24) is 15.8 Å². The number of hydrazine groups is 1. The summed E-state index contributed by atoms with van der Waals surface area (Å²) in [4.78, 5) is 50.5. The summed E-state index contributed by atoms with van der Waals surface area (Å²) in [7, 11) is 0. The van der Waals surface area contributed by atoms with E-state index in [-0.39, 0.29) is 34.0 Å². The number of imide groups is 1. The molecule has 0 heterocycles. The lowest BCUT2D eigenvalue weighted by atomic mass is 10.1. The van der Waals surface area contributed by atoms with Gasteiger partial charge in [-0.2, -0.15) is 0 Å². The Morgan fingerprint density at radius 2 is 1.64 bits per heavy atom. The molecule has 3 amide bonds. The van der Waals surface area contributed by atoms with E-state index < -0.39 is 29.7 Å². The standard InChI is InChI=1S/C26H24ClN3O6/c1-15-6-3-4-9-20(15)24(33)30(29-16(2)26(35)36)25(34)21-11-10-18(13-22(21)27)23(32)28-14-17-7-5-8-19(31)12-17/h3-13,16,29,31H,14H2,1-2H3,(H,28,32)(H,35,36)/t16-/m0/s1. The van der Waals surface area contributed by atoms with Crippen molar-refractivity contribution in [2.24, 2.45) is 0 Å². The SMILES string of the molecule is Cc1ccccc1C(=O)N(N[C@@H](C)C(=O)O)C(=O)c1ccc(C(=O)NCc2cccc(O)c2)cc1Cl. The summed E-state index contributed by atoms with van der Waals surface area (Å²) in [5.41, 5.74) is 3.97. The fraction of sp³-hybridized carbons (Fsp3) is 0.154. The normalized spacial score (nSPS) is 11.4. The van der Waals surface area contributed by atoms with Crippen LogP contribution in [-0.2, 0) is 11.3 Å². The van der Waals surface area contributed by atoms with Gasteiger partial charge in [-0.3, -0.25) is 19.2 Å². The summed E-state index contributed by atoms with van der Waals surface area (Å²) in [6, 6.07) is 15.7. The lowest BCUT2D eigenvalue weighted by Crippen LogP contribution is -2.53. The zero-order valence-corrected chi connectivity index (χ0v) is 20.2. The molecule has 0 unspecified atom stereocenters. The summed E-state index contributed by atoms with van der Waals surface area (Å²) in [6.07, 6.45) is 0. The number of benzene rings is 3. The van der Waals surface area contributed by atoms with Crippen LogP contribution < -0.4 is 10.7 Å². The second-order valence-electron chi connectivity index (χ2n) is 8.00. The number of aliphatic carboxylic acids is 1. The molecule has 0 aliphatic heterocycles. The molecule has 186 valence electrons. The quantitative estimate of drug-likeness (QED) is 0.269. The number of hydrogen-bond donors (Lipinski definition) is 4. The molecule has 0 saturated carbocycles. The molecular weight excluding hydrogens is 486 g/mol. The largest absolute Gasteiger partial charge is 0.508 e. The minimum Gasteiger partial charge on any atom is -0.508 e. The molecule has 9 nitrogen and oxygen atoms in total. The molecule has 0 aliphatic rings. The van der Waals surface area contributed by atoms with Crippen molar-refractivity contribution >= 4 is 35.3 Å². The molecule has 10 heteroatoms. The Morgan fingerprint density at radius 1 is 0.944 bits per heavy atom. The minimum absolute atomic E-state index is 0.0725.